The first-order valence-corrected chi connectivity index (χ1v) is 10.8. The first-order chi connectivity index (χ1) is 17.5. The number of nitrogens with zero attached hydrogens (tertiary/aromatic N) is 1. The van der Waals surface area contributed by atoms with E-state index < -0.39 is 11.9 Å². The Kier molecular flexibility index (Phi) is 9.61. The highest BCUT2D eigenvalue weighted by atomic mass is 17.2. The van der Waals surface area contributed by atoms with Gasteiger partial charge in [0.15, 0.2) is 6.61 Å². The average molecular weight is 498 g/mol. The summed E-state index contributed by atoms with van der Waals surface area (Å²) in [5.41, 5.74) is 2.45. The van der Waals surface area contributed by atoms with Crippen molar-refractivity contribution in [3.8, 4) is 28.4 Å². The summed E-state index contributed by atoms with van der Waals surface area (Å²) in [7, 11) is 5.59. The fraction of sp³-hybridized carbons (Fsp3) is 0.269. The summed E-state index contributed by atoms with van der Waals surface area (Å²) in [5, 5.41) is 0. The topological polar surface area (TPSA) is 112 Å². The molecule has 3 rings (SSSR count). The molecule has 0 atom stereocenters. The number of pyridine rings is 1. The van der Waals surface area contributed by atoms with Crippen molar-refractivity contribution in [3.05, 3.63) is 71.5 Å². The van der Waals surface area contributed by atoms with E-state index in [9.17, 15) is 9.59 Å². The maximum Gasteiger partial charge on any atom is 0.356 e. The predicted molar refractivity (Wildman–Crippen MR) is 128 cm³/mol. The quantitative estimate of drug-likeness (QED) is 0.208. The second-order valence-electron chi connectivity index (χ2n) is 7.29. The van der Waals surface area contributed by atoms with Crippen LogP contribution in [0.25, 0.3) is 11.1 Å². The summed E-state index contributed by atoms with van der Waals surface area (Å²) in [4.78, 5) is 38.2. The van der Waals surface area contributed by atoms with E-state index >= 15 is 0 Å². The van der Waals surface area contributed by atoms with Crippen molar-refractivity contribution < 1.29 is 43.0 Å². The second kappa shape index (κ2) is 13.1. The van der Waals surface area contributed by atoms with E-state index in [2.05, 4.69) is 9.87 Å². The molecule has 0 aliphatic heterocycles. The monoisotopic (exact) mass is 497 g/mol. The van der Waals surface area contributed by atoms with Crippen LogP contribution in [-0.2, 0) is 37.3 Å². The fourth-order valence-electron chi connectivity index (χ4n) is 3.31. The third kappa shape index (κ3) is 6.94. The Labute approximate surface area is 208 Å². The van der Waals surface area contributed by atoms with Gasteiger partial charge in [0.2, 0.25) is 0 Å². The van der Waals surface area contributed by atoms with Gasteiger partial charge in [-0.15, -0.1) is 0 Å². The molecule has 0 saturated carbocycles. The molecule has 0 N–H and O–H groups in total. The van der Waals surface area contributed by atoms with E-state index in [-0.39, 0.29) is 25.5 Å². The van der Waals surface area contributed by atoms with Gasteiger partial charge in [0.25, 0.3) is 0 Å². The van der Waals surface area contributed by atoms with Gasteiger partial charge in [0, 0.05) is 12.1 Å². The van der Waals surface area contributed by atoms with Crippen LogP contribution in [0, 0.1) is 0 Å². The molecule has 3 aromatic rings. The standard InChI is InChI=1S/C26H27NO9/c1-30-22-12-20(34-16-24(28)35-14-17-8-6-5-7-9-17)13-23(31-2)25(22)18-10-19(15-36-33-4)27-21(11-18)26(29)32-3/h5-13H,14-16H2,1-4H3. The highest BCUT2D eigenvalue weighted by molar-refractivity contribution is 5.90. The molecule has 0 unspecified atom stereocenters. The van der Waals surface area contributed by atoms with Crippen molar-refractivity contribution >= 4 is 11.9 Å². The highest BCUT2D eigenvalue weighted by Crippen LogP contribution is 2.42. The lowest BCUT2D eigenvalue weighted by molar-refractivity contribution is -0.282. The first-order valence-electron chi connectivity index (χ1n) is 10.8. The molecule has 1 aromatic heterocycles. The van der Waals surface area contributed by atoms with Gasteiger partial charge < -0.3 is 23.7 Å². The van der Waals surface area contributed by atoms with Gasteiger partial charge in [0.05, 0.1) is 39.7 Å². The molecule has 0 amide bonds. The number of hydrogen-bond acceptors (Lipinski definition) is 10. The average Bonchev–Trinajstić information content (AvgIpc) is 2.92. The van der Waals surface area contributed by atoms with Gasteiger partial charge in [-0.25, -0.2) is 24.3 Å². The van der Waals surface area contributed by atoms with Gasteiger partial charge in [-0.2, -0.15) is 0 Å². The third-order valence-corrected chi connectivity index (χ3v) is 4.96. The smallest absolute Gasteiger partial charge is 0.356 e. The van der Waals surface area contributed by atoms with Crippen LogP contribution in [0.3, 0.4) is 0 Å². The summed E-state index contributed by atoms with van der Waals surface area (Å²) in [5.74, 6) is -0.0672. The summed E-state index contributed by atoms with van der Waals surface area (Å²) in [6.07, 6.45) is 0. The predicted octanol–water partition coefficient (Wildman–Crippen LogP) is 3.75. The van der Waals surface area contributed by atoms with E-state index in [4.69, 9.17) is 28.6 Å². The molecule has 1 heterocycles. The van der Waals surface area contributed by atoms with Crippen molar-refractivity contribution in [2.45, 2.75) is 13.2 Å². The Morgan fingerprint density at radius 1 is 0.861 bits per heavy atom. The van der Waals surface area contributed by atoms with Crippen LogP contribution >= 0.6 is 0 Å². The van der Waals surface area contributed by atoms with Gasteiger partial charge in [-0.3, -0.25) is 0 Å². The molecule has 190 valence electrons. The summed E-state index contributed by atoms with van der Waals surface area (Å²) in [6, 6.07) is 15.8. The van der Waals surface area contributed by atoms with Crippen LogP contribution in [0.15, 0.2) is 54.6 Å². The Bertz CT molecular complexity index is 1160. The molecule has 2 aromatic carbocycles. The zero-order valence-corrected chi connectivity index (χ0v) is 20.4. The Morgan fingerprint density at radius 3 is 2.17 bits per heavy atom. The summed E-state index contributed by atoms with van der Waals surface area (Å²) in [6.45, 7) is -0.168. The van der Waals surface area contributed by atoms with Crippen LogP contribution in [-0.4, -0.2) is 52.0 Å². The van der Waals surface area contributed by atoms with Crippen LogP contribution in [0.1, 0.15) is 21.7 Å². The minimum atomic E-state index is -0.623. The van der Waals surface area contributed by atoms with E-state index in [0.29, 0.717) is 34.1 Å². The molecule has 0 radical (unpaired) electrons. The fourth-order valence-corrected chi connectivity index (χ4v) is 3.31. The van der Waals surface area contributed by atoms with Crippen molar-refractivity contribution in [2.75, 3.05) is 35.0 Å². The van der Waals surface area contributed by atoms with Gasteiger partial charge in [-0.1, -0.05) is 30.3 Å². The minimum Gasteiger partial charge on any atom is -0.496 e. The number of ether oxygens (including phenoxy) is 5. The number of hydrogen-bond donors (Lipinski definition) is 0. The van der Waals surface area contributed by atoms with E-state index in [1.54, 1.807) is 24.3 Å². The molecule has 0 aliphatic rings. The number of benzene rings is 2. The number of carbonyl (C=O) groups excluding carboxylic acids is 2. The SMILES string of the molecule is COOCc1cc(-c2c(OC)cc(OCC(=O)OCc3ccccc3)cc2OC)cc(C(=O)OC)n1. The maximum absolute atomic E-state index is 12.2. The zero-order chi connectivity index (χ0) is 25.9. The van der Waals surface area contributed by atoms with Crippen LogP contribution in [0.5, 0.6) is 17.2 Å². The molecular weight excluding hydrogens is 470 g/mol. The molecule has 10 heteroatoms. The van der Waals surface area contributed by atoms with Crippen molar-refractivity contribution in [1.82, 2.24) is 4.98 Å². The first kappa shape index (κ1) is 26.5. The molecule has 0 bridgehead atoms. The van der Waals surface area contributed by atoms with E-state index in [1.165, 1.54) is 28.4 Å². The normalized spacial score (nSPS) is 10.4. The second-order valence-corrected chi connectivity index (χ2v) is 7.29. The summed E-state index contributed by atoms with van der Waals surface area (Å²) >= 11 is 0. The molecule has 0 fully saturated rings. The maximum atomic E-state index is 12.2. The van der Waals surface area contributed by atoms with Crippen LogP contribution in [0.2, 0.25) is 0 Å². The van der Waals surface area contributed by atoms with Crippen LogP contribution < -0.4 is 14.2 Å². The van der Waals surface area contributed by atoms with E-state index in [1.807, 2.05) is 30.3 Å². The van der Waals surface area contributed by atoms with E-state index in [0.717, 1.165) is 5.56 Å². The van der Waals surface area contributed by atoms with Crippen molar-refractivity contribution in [3.63, 3.8) is 0 Å². The molecule has 0 spiro atoms. The number of methoxy groups -OCH3 is 3. The van der Waals surface area contributed by atoms with Gasteiger partial charge >= 0.3 is 11.9 Å². The molecule has 10 nitrogen and oxygen atoms in total. The molecule has 36 heavy (non-hydrogen) atoms. The number of aromatic nitrogens is 1. The molecule has 0 aliphatic carbocycles. The molecular formula is C26H27NO9. The number of carbonyl (C=O) groups is 2. The number of esters is 2. The Balaban J connectivity index is 1.85. The van der Waals surface area contributed by atoms with Gasteiger partial charge in [0.1, 0.15) is 36.2 Å². The third-order valence-electron chi connectivity index (χ3n) is 4.96. The lowest BCUT2D eigenvalue weighted by Gasteiger charge is -2.17. The largest absolute Gasteiger partial charge is 0.496 e. The van der Waals surface area contributed by atoms with Crippen molar-refractivity contribution in [1.29, 1.82) is 0 Å². The van der Waals surface area contributed by atoms with Crippen molar-refractivity contribution in [2.24, 2.45) is 0 Å². The summed E-state index contributed by atoms with van der Waals surface area (Å²) < 4.78 is 26.8. The van der Waals surface area contributed by atoms with Gasteiger partial charge in [-0.05, 0) is 23.3 Å². The zero-order valence-electron chi connectivity index (χ0n) is 20.4. The minimum absolute atomic E-state index is 0.00868. The van der Waals surface area contributed by atoms with Crippen LogP contribution in [0.4, 0.5) is 0 Å². The lowest BCUT2D eigenvalue weighted by atomic mass is 10.0. The Morgan fingerprint density at radius 2 is 1.56 bits per heavy atom. The number of rotatable bonds is 12. The highest BCUT2D eigenvalue weighted by Gasteiger charge is 2.20. The Hall–Kier alpha value is -4.15. The molecule has 0 saturated heterocycles. The lowest BCUT2D eigenvalue weighted by Crippen LogP contribution is -2.15.